The number of fused-ring (bicyclic) bond motifs is 2. The highest BCUT2D eigenvalue weighted by Gasteiger charge is 2.25. The minimum Gasteiger partial charge on any atom is -0.454 e. The van der Waals surface area contributed by atoms with Gasteiger partial charge in [0, 0.05) is 43.6 Å². The Morgan fingerprint density at radius 3 is 3.00 bits per heavy atom. The number of ether oxygens (including phenoxy) is 2. The Labute approximate surface area is 148 Å². The third-order valence-electron chi connectivity index (χ3n) is 5.06. The topological polar surface area (TPSA) is 60.3 Å². The van der Waals surface area contributed by atoms with Gasteiger partial charge in [0.2, 0.25) is 6.79 Å². The van der Waals surface area contributed by atoms with E-state index in [4.69, 9.17) is 9.47 Å². The van der Waals surface area contributed by atoms with Crippen molar-refractivity contribution in [2.75, 3.05) is 31.7 Å². The molecule has 0 bridgehead atoms. The molecule has 0 saturated heterocycles. The molecule has 0 fully saturated rings. The smallest absolute Gasteiger partial charge is 0.231 e. The van der Waals surface area contributed by atoms with Crippen LogP contribution in [0.3, 0.4) is 0 Å². The van der Waals surface area contributed by atoms with Crippen molar-refractivity contribution < 1.29 is 9.47 Å². The van der Waals surface area contributed by atoms with Crippen LogP contribution in [0.15, 0.2) is 24.3 Å². The van der Waals surface area contributed by atoms with Gasteiger partial charge in [0.25, 0.3) is 0 Å². The molecule has 0 saturated carbocycles. The average molecular weight is 342 g/mol. The van der Waals surface area contributed by atoms with Crippen LogP contribution in [-0.2, 0) is 12.0 Å². The molecule has 134 valence electrons. The fourth-order valence-corrected chi connectivity index (χ4v) is 3.53. The zero-order valence-corrected chi connectivity index (χ0v) is 15.1. The highest BCUT2D eigenvalue weighted by atomic mass is 16.7. The van der Waals surface area contributed by atoms with Gasteiger partial charge in [0.1, 0.15) is 5.82 Å². The Bertz CT molecular complexity index is 769. The maximum Gasteiger partial charge on any atom is 0.231 e. The zero-order valence-electron chi connectivity index (χ0n) is 15.1. The van der Waals surface area contributed by atoms with Crippen LogP contribution in [0.25, 0.3) is 0 Å². The van der Waals surface area contributed by atoms with Crippen LogP contribution in [0.4, 0.5) is 5.82 Å². The number of anilines is 1. The largest absolute Gasteiger partial charge is 0.454 e. The molecule has 2 aromatic rings. The summed E-state index contributed by atoms with van der Waals surface area (Å²) in [5.74, 6) is 3.36. The van der Waals surface area contributed by atoms with Gasteiger partial charge in [-0.05, 0) is 24.6 Å². The van der Waals surface area contributed by atoms with Gasteiger partial charge in [-0.3, -0.25) is 0 Å². The lowest BCUT2D eigenvalue weighted by Crippen LogP contribution is -2.40. The fraction of sp³-hybridized carbons (Fsp3) is 0.526. The molecule has 2 N–H and O–H groups in total. The van der Waals surface area contributed by atoms with Gasteiger partial charge in [-0.15, -0.1) is 0 Å². The second-order valence-corrected chi connectivity index (χ2v) is 7.68. The number of aromatic nitrogens is 2. The van der Waals surface area contributed by atoms with E-state index < -0.39 is 0 Å². The van der Waals surface area contributed by atoms with Crippen molar-refractivity contribution in [3.8, 4) is 11.5 Å². The maximum absolute atomic E-state index is 5.51. The summed E-state index contributed by atoms with van der Waals surface area (Å²) in [6.45, 7) is 10.7. The van der Waals surface area contributed by atoms with E-state index in [1.807, 2.05) is 13.0 Å². The Morgan fingerprint density at radius 2 is 2.12 bits per heavy atom. The van der Waals surface area contributed by atoms with E-state index in [0.717, 1.165) is 49.2 Å². The van der Waals surface area contributed by atoms with Gasteiger partial charge in [-0.2, -0.15) is 5.10 Å². The van der Waals surface area contributed by atoms with Crippen LogP contribution in [-0.4, -0.2) is 36.2 Å². The third-order valence-corrected chi connectivity index (χ3v) is 5.06. The van der Waals surface area contributed by atoms with Crippen LogP contribution < -0.4 is 20.1 Å². The molecule has 25 heavy (non-hydrogen) atoms. The summed E-state index contributed by atoms with van der Waals surface area (Å²) in [4.78, 5) is 0. The lowest BCUT2D eigenvalue weighted by molar-refractivity contribution is 0.174. The van der Waals surface area contributed by atoms with Crippen molar-refractivity contribution in [3.05, 3.63) is 35.5 Å². The normalized spacial score (nSPS) is 18.8. The van der Waals surface area contributed by atoms with Crippen molar-refractivity contribution in [2.45, 2.75) is 32.7 Å². The summed E-state index contributed by atoms with van der Waals surface area (Å²) in [5, 5.41) is 11.7. The Morgan fingerprint density at radius 1 is 1.28 bits per heavy atom. The number of nitrogens with zero attached hydrogens (tertiary/aromatic N) is 2. The molecule has 6 heteroatoms. The molecule has 0 radical (unpaired) electrons. The van der Waals surface area contributed by atoms with Gasteiger partial charge in [0.05, 0.1) is 5.69 Å². The Balaban J connectivity index is 1.33. The summed E-state index contributed by atoms with van der Waals surface area (Å²) in [7, 11) is 0. The van der Waals surface area contributed by atoms with E-state index >= 15 is 0 Å². The van der Waals surface area contributed by atoms with Crippen LogP contribution in [0.1, 0.15) is 25.1 Å². The highest BCUT2D eigenvalue weighted by molar-refractivity contribution is 5.46. The first-order valence-electron chi connectivity index (χ1n) is 8.90. The molecule has 1 aromatic carbocycles. The summed E-state index contributed by atoms with van der Waals surface area (Å²) in [5.41, 5.74) is 2.35. The highest BCUT2D eigenvalue weighted by Crippen LogP contribution is 2.36. The second-order valence-electron chi connectivity index (χ2n) is 7.68. The summed E-state index contributed by atoms with van der Waals surface area (Å²) >= 11 is 0. The number of hydrogen-bond acceptors (Lipinski definition) is 5. The molecule has 2 aliphatic heterocycles. The van der Waals surface area contributed by atoms with Gasteiger partial charge in [-0.1, -0.05) is 19.9 Å². The van der Waals surface area contributed by atoms with Gasteiger partial charge < -0.3 is 20.1 Å². The quantitative estimate of drug-likeness (QED) is 0.874. The van der Waals surface area contributed by atoms with E-state index in [0.29, 0.717) is 12.7 Å². The SMILES string of the molecule is Cc1cc2n(n1)C[C@@H](CNCC(C)(C)c1ccc3c(c1)OCO3)CN2. The van der Waals surface area contributed by atoms with E-state index in [1.165, 1.54) is 5.56 Å². The van der Waals surface area contributed by atoms with E-state index in [2.05, 4.69) is 52.5 Å². The van der Waals surface area contributed by atoms with E-state index in [1.54, 1.807) is 0 Å². The van der Waals surface area contributed by atoms with Crippen molar-refractivity contribution in [1.82, 2.24) is 15.1 Å². The predicted molar refractivity (Wildman–Crippen MR) is 97.4 cm³/mol. The summed E-state index contributed by atoms with van der Waals surface area (Å²) < 4.78 is 13.0. The lowest BCUT2D eigenvalue weighted by atomic mass is 9.84. The first kappa shape index (κ1) is 16.3. The predicted octanol–water partition coefficient (Wildman–Crippen LogP) is 2.53. The first-order valence-corrected chi connectivity index (χ1v) is 8.90. The van der Waals surface area contributed by atoms with Crippen molar-refractivity contribution >= 4 is 5.82 Å². The molecule has 1 atom stereocenters. The molecule has 6 nitrogen and oxygen atoms in total. The molecule has 1 aromatic heterocycles. The molecular formula is C19H26N4O2. The van der Waals surface area contributed by atoms with Crippen molar-refractivity contribution in [2.24, 2.45) is 5.92 Å². The number of rotatable bonds is 5. The number of aryl methyl sites for hydroxylation is 1. The standard InChI is InChI=1S/C19H26N4O2/c1-13-6-18-21-9-14(10-23(18)22-13)8-20-11-19(2,3)15-4-5-16-17(7-15)25-12-24-16/h4-7,14,20-21H,8-12H2,1-3H3/t14-/m0/s1. The zero-order chi connectivity index (χ0) is 17.4. The minimum atomic E-state index is 0.0243. The summed E-state index contributed by atoms with van der Waals surface area (Å²) in [6.07, 6.45) is 0. The van der Waals surface area contributed by atoms with Crippen LogP contribution >= 0.6 is 0 Å². The van der Waals surface area contributed by atoms with Gasteiger partial charge in [0.15, 0.2) is 11.5 Å². The minimum absolute atomic E-state index is 0.0243. The molecule has 3 heterocycles. The molecule has 0 amide bonds. The first-order chi connectivity index (χ1) is 12.0. The van der Waals surface area contributed by atoms with Crippen molar-refractivity contribution in [3.63, 3.8) is 0 Å². The fourth-order valence-electron chi connectivity index (χ4n) is 3.53. The summed E-state index contributed by atoms with van der Waals surface area (Å²) in [6, 6.07) is 8.35. The second kappa shape index (κ2) is 6.26. The van der Waals surface area contributed by atoms with Crippen LogP contribution in [0.5, 0.6) is 11.5 Å². The lowest BCUT2D eigenvalue weighted by Gasteiger charge is -2.29. The van der Waals surface area contributed by atoms with E-state index in [-0.39, 0.29) is 5.41 Å². The van der Waals surface area contributed by atoms with Crippen LogP contribution in [0.2, 0.25) is 0 Å². The van der Waals surface area contributed by atoms with E-state index in [9.17, 15) is 0 Å². The van der Waals surface area contributed by atoms with Gasteiger partial charge in [-0.25, -0.2) is 4.68 Å². The molecule has 0 aliphatic carbocycles. The average Bonchev–Trinajstić information content (AvgIpc) is 3.18. The molecular weight excluding hydrogens is 316 g/mol. The molecule has 4 rings (SSSR count). The number of nitrogens with one attached hydrogen (secondary N) is 2. The molecule has 0 spiro atoms. The van der Waals surface area contributed by atoms with Crippen LogP contribution in [0, 0.1) is 12.8 Å². The molecule has 2 aliphatic rings. The Kier molecular flexibility index (Phi) is 4.07. The number of hydrogen-bond donors (Lipinski definition) is 2. The Hall–Kier alpha value is -2.21. The maximum atomic E-state index is 5.51. The monoisotopic (exact) mass is 342 g/mol. The molecule has 0 unspecified atom stereocenters. The number of benzene rings is 1. The third kappa shape index (κ3) is 3.31. The van der Waals surface area contributed by atoms with Crippen molar-refractivity contribution in [1.29, 1.82) is 0 Å². The van der Waals surface area contributed by atoms with Gasteiger partial charge >= 0.3 is 0 Å².